The maximum absolute atomic E-state index is 12.5. The van der Waals surface area contributed by atoms with Gasteiger partial charge in [0, 0.05) is 18.3 Å². The number of nitrogens with one attached hydrogen (secondary N) is 2. The standard InChI is InChI=1S/C18H27N3O4/c1-18(2,16(22)19-8-5-9-21(3)4)17(23)20-13-6-7-14-15(12-13)25-11-10-24-14/h6-7,12H,5,8-11H2,1-4H3,(H,19,22)(H,20,23). The topological polar surface area (TPSA) is 79.9 Å². The largest absolute Gasteiger partial charge is 0.486 e. The van der Waals surface area contributed by atoms with Gasteiger partial charge >= 0.3 is 0 Å². The third-order valence-corrected chi connectivity index (χ3v) is 4.00. The van der Waals surface area contributed by atoms with Crippen molar-refractivity contribution in [1.29, 1.82) is 0 Å². The van der Waals surface area contributed by atoms with E-state index in [0.717, 1.165) is 13.0 Å². The summed E-state index contributed by atoms with van der Waals surface area (Å²) < 4.78 is 11.0. The van der Waals surface area contributed by atoms with E-state index in [1.165, 1.54) is 0 Å². The van der Waals surface area contributed by atoms with E-state index in [-0.39, 0.29) is 11.8 Å². The van der Waals surface area contributed by atoms with Gasteiger partial charge in [0.1, 0.15) is 18.6 Å². The van der Waals surface area contributed by atoms with Crippen molar-refractivity contribution in [2.75, 3.05) is 45.7 Å². The van der Waals surface area contributed by atoms with Crippen LogP contribution in [0.2, 0.25) is 0 Å². The Kier molecular flexibility index (Phi) is 6.25. The first kappa shape index (κ1) is 19.1. The Bertz CT molecular complexity index is 629. The molecule has 1 aromatic carbocycles. The third kappa shape index (κ3) is 5.09. The van der Waals surface area contributed by atoms with Gasteiger partial charge in [-0.1, -0.05) is 0 Å². The molecule has 2 N–H and O–H groups in total. The van der Waals surface area contributed by atoms with E-state index < -0.39 is 5.41 Å². The van der Waals surface area contributed by atoms with E-state index >= 15 is 0 Å². The quantitative estimate of drug-likeness (QED) is 0.576. The summed E-state index contributed by atoms with van der Waals surface area (Å²) in [6.07, 6.45) is 0.832. The van der Waals surface area contributed by atoms with E-state index in [1.54, 1.807) is 32.0 Å². The van der Waals surface area contributed by atoms with Crippen molar-refractivity contribution in [2.24, 2.45) is 5.41 Å². The number of carbonyl (C=O) groups excluding carboxylic acids is 2. The van der Waals surface area contributed by atoms with Crippen LogP contribution in [-0.4, -0.2) is 57.1 Å². The van der Waals surface area contributed by atoms with Crippen molar-refractivity contribution in [3.8, 4) is 11.5 Å². The lowest BCUT2D eigenvalue weighted by Crippen LogP contribution is -2.45. The molecule has 0 saturated carbocycles. The van der Waals surface area contributed by atoms with Crippen molar-refractivity contribution in [3.05, 3.63) is 18.2 Å². The SMILES string of the molecule is CN(C)CCCNC(=O)C(C)(C)C(=O)Nc1ccc2c(c1)OCCO2. The molecule has 0 fully saturated rings. The molecule has 7 heteroatoms. The monoisotopic (exact) mass is 349 g/mol. The van der Waals surface area contributed by atoms with Gasteiger partial charge in [-0.3, -0.25) is 9.59 Å². The summed E-state index contributed by atoms with van der Waals surface area (Å²) in [4.78, 5) is 26.9. The number of nitrogens with zero attached hydrogens (tertiary/aromatic N) is 1. The second kappa shape index (κ2) is 8.20. The highest BCUT2D eigenvalue weighted by molar-refractivity contribution is 6.09. The Morgan fingerprint density at radius 1 is 1.12 bits per heavy atom. The van der Waals surface area contributed by atoms with E-state index in [4.69, 9.17) is 9.47 Å². The fourth-order valence-corrected chi connectivity index (χ4v) is 2.33. The fraction of sp³-hybridized carbons (Fsp3) is 0.556. The number of carbonyl (C=O) groups is 2. The minimum absolute atomic E-state index is 0.290. The van der Waals surface area contributed by atoms with Crippen LogP contribution in [0.1, 0.15) is 20.3 Å². The zero-order valence-electron chi connectivity index (χ0n) is 15.3. The molecule has 138 valence electrons. The summed E-state index contributed by atoms with van der Waals surface area (Å²) >= 11 is 0. The number of anilines is 1. The molecule has 0 atom stereocenters. The Labute approximate surface area is 148 Å². The zero-order chi connectivity index (χ0) is 18.4. The molecule has 0 saturated heterocycles. The van der Waals surface area contributed by atoms with Crippen molar-refractivity contribution < 1.29 is 19.1 Å². The van der Waals surface area contributed by atoms with Gasteiger partial charge in [-0.2, -0.15) is 0 Å². The van der Waals surface area contributed by atoms with Gasteiger partial charge in [0.05, 0.1) is 0 Å². The smallest absolute Gasteiger partial charge is 0.239 e. The highest BCUT2D eigenvalue weighted by Crippen LogP contribution is 2.33. The molecule has 2 rings (SSSR count). The van der Waals surface area contributed by atoms with Crippen LogP contribution in [0.5, 0.6) is 11.5 Å². The summed E-state index contributed by atoms with van der Waals surface area (Å²) in [6.45, 7) is 5.64. The van der Waals surface area contributed by atoms with Gasteiger partial charge in [0.15, 0.2) is 11.5 Å². The van der Waals surface area contributed by atoms with Gasteiger partial charge < -0.3 is 25.0 Å². The number of hydrogen-bond acceptors (Lipinski definition) is 5. The number of fused-ring (bicyclic) bond motifs is 1. The molecule has 1 aromatic rings. The first-order valence-electron chi connectivity index (χ1n) is 8.45. The van der Waals surface area contributed by atoms with Crippen molar-refractivity contribution >= 4 is 17.5 Å². The predicted molar refractivity (Wildman–Crippen MR) is 96.0 cm³/mol. The maximum Gasteiger partial charge on any atom is 0.239 e. The number of ether oxygens (including phenoxy) is 2. The van der Waals surface area contributed by atoms with Gasteiger partial charge in [-0.15, -0.1) is 0 Å². The Morgan fingerprint density at radius 2 is 1.80 bits per heavy atom. The van der Waals surface area contributed by atoms with E-state index in [0.29, 0.717) is 36.9 Å². The molecule has 2 amide bonds. The first-order valence-corrected chi connectivity index (χ1v) is 8.45. The van der Waals surface area contributed by atoms with E-state index in [2.05, 4.69) is 10.6 Å². The normalized spacial score (nSPS) is 13.5. The molecular formula is C18H27N3O4. The highest BCUT2D eigenvalue weighted by atomic mass is 16.6. The molecule has 0 aromatic heterocycles. The van der Waals surface area contributed by atoms with Gasteiger partial charge in [-0.05, 0) is 53.0 Å². The van der Waals surface area contributed by atoms with Crippen LogP contribution in [0.4, 0.5) is 5.69 Å². The van der Waals surface area contributed by atoms with E-state index in [1.807, 2.05) is 19.0 Å². The molecule has 0 bridgehead atoms. The van der Waals surface area contributed by atoms with Crippen LogP contribution in [0.3, 0.4) is 0 Å². The lowest BCUT2D eigenvalue weighted by Gasteiger charge is -2.24. The summed E-state index contributed by atoms with van der Waals surface area (Å²) in [5.41, 5.74) is -0.603. The number of rotatable bonds is 7. The summed E-state index contributed by atoms with van der Waals surface area (Å²) in [7, 11) is 3.96. The maximum atomic E-state index is 12.5. The minimum atomic E-state index is -1.18. The van der Waals surface area contributed by atoms with Crippen LogP contribution in [0.25, 0.3) is 0 Å². The highest BCUT2D eigenvalue weighted by Gasteiger charge is 2.36. The van der Waals surface area contributed by atoms with Crippen LogP contribution >= 0.6 is 0 Å². The Morgan fingerprint density at radius 3 is 2.48 bits per heavy atom. The van der Waals surface area contributed by atoms with Gasteiger partial charge in [0.25, 0.3) is 0 Å². The zero-order valence-corrected chi connectivity index (χ0v) is 15.3. The number of benzene rings is 1. The number of hydrogen-bond donors (Lipinski definition) is 2. The summed E-state index contributed by atoms with van der Waals surface area (Å²) in [5.74, 6) is 0.590. The molecule has 25 heavy (non-hydrogen) atoms. The molecular weight excluding hydrogens is 322 g/mol. The second-order valence-corrected chi connectivity index (χ2v) is 6.85. The molecule has 0 radical (unpaired) electrons. The van der Waals surface area contributed by atoms with Crippen LogP contribution in [0, 0.1) is 5.41 Å². The lowest BCUT2D eigenvalue weighted by atomic mass is 9.91. The molecule has 7 nitrogen and oxygen atoms in total. The number of amides is 2. The van der Waals surface area contributed by atoms with Crippen LogP contribution < -0.4 is 20.1 Å². The lowest BCUT2D eigenvalue weighted by molar-refractivity contribution is -0.138. The molecule has 1 heterocycles. The second-order valence-electron chi connectivity index (χ2n) is 6.85. The first-order chi connectivity index (χ1) is 11.8. The molecule has 0 spiro atoms. The molecule has 0 aliphatic carbocycles. The van der Waals surface area contributed by atoms with Crippen LogP contribution in [0.15, 0.2) is 18.2 Å². The Balaban J connectivity index is 1.92. The van der Waals surface area contributed by atoms with Crippen molar-refractivity contribution in [2.45, 2.75) is 20.3 Å². The predicted octanol–water partition coefficient (Wildman–Crippen LogP) is 1.49. The van der Waals surface area contributed by atoms with E-state index in [9.17, 15) is 9.59 Å². The minimum Gasteiger partial charge on any atom is -0.486 e. The molecule has 0 unspecified atom stereocenters. The van der Waals surface area contributed by atoms with Crippen molar-refractivity contribution in [3.63, 3.8) is 0 Å². The average molecular weight is 349 g/mol. The van der Waals surface area contributed by atoms with Crippen LogP contribution in [-0.2, 0) is 9.59 Å². The molecule has 1 aliphatic rings. The average Bonchev–Trinajstić information content (AvgIpc) is 2.58. The third-order valence-electron chi connectivity index (χ3n) is 4.00. The summed E-state index contributed by atoms with van der Waals surface area (Å²) in [6, 6.07) is 5.19. The van der Waals surface area contributed by atoms with Gasteiger partial charge in [0.2, 0.25) is 11.8 Å². The summed E-state index contributed by atoms with van der Waals surface area (Å²) in [5, 5.41) is 5.60. The Hall–Kier alpha value is -2.28. The molecule has 1 aliphatic heterocycles. The van der Waals surface area contributed by atoms with Crippen molar-refractivity contribution in [1.82, 2.24) is 10.2 Å². The van der Waals surface area contributed by atoms with Gasteiger partial charge in [-0.25, -0.2) is 0 Å². The fourth-order valence-electron chi connectivity index (χ4n) is 2.33.